The van der Waals surface area contributed by atoms with Gasteiger partial charge in [-0.25, -0.2) is 4.98 Å². The summed E-state index contributed by atoms with van der Waals surface area (Å²) in [4.78, 5) is 8.30. The molecule has 0 aliphatic heterocycles. The first-order chi connectivity index (χ1) is 10.8. The number of halogens is 4. The van der Waals surface area contributed by atoms with Gasteiger partial charge in [0, 0.05) is 23.3 Å². The van der Waals surface area contributed by atoms with Gasteiger partial charge in [-0.1, -0.05) is 18.5 Å². The van der Waals surface area contributed by atoms with Crippen LogP contribution in [0.25, 0.3) is 0 Å². The molecular weight excluding hydrogens is 329 g/mol. The van der Waals surface area contributed by atoms with Gasteiger partial charge in [0.05, 0.1) is 11.3 Å². The zero-order valence-corrected chi connectivity index (χ0v) is 13.4. The number of aryl methyl sites for hydroxylation is 1. The van der Waals surface area contributed by atoms with Gasteiger partial charge in [0.2, 0.25) is 5.95 Å². The molecule has 2 rings (SSSR count). The minimum Gasteiger partial charge on any atom is -0.370 e. The third-order valence-electron chi connectivity index (χ3n) is 2.94. The quantitative estimate of drug-likeness (QED) is 0.799. The summed E-state index contributed by atoms with van der Waals surface area (Å²) in [7, 11) is 0. The van der Waals surface area contributed by atoms with Crippen LogP contribution in [0.2, 0.25) is 5.02 Å². The SMILES string of the molecule is CCCNc1cc(C)nc(Nc2ccc(Cl)cc2C(F)(F)F)n1. The number of rotatable bonds is 5. The average Bonchev–Trinajstić information content (AvgIpc) is 2.45. The second kappa shape index (κ2) is 7.04. The number of nitrogens with one attached hydrogen (secondary N) is 2. The van der Waals surface area contributed by atoms with E-state index in [9.17, 15) is 13.2 Å². The molecule has 2 aromatic rings. The van der Waals surface area contributed by atoms with Crippen LogP contribution in [0, 0.1) is 6.92 Å². The van der Waals surface area contributed by atoms with Gasteiger partial charge in [0.1, 0.15) is 5.82 Å². The molecule has 1 aromatic heterocycles. The maximum atomic E-state index is 13.1. The Morgan fingerprint density at radius 1 is 1.17 bits per heavy atom. The second-order valence-corrected chi connectivity index (χ2v) is 5.39. The lowest BCUT2D eigenvalue weighted by molar-refractivity contribution is -0.136. The van der Waals surface area contributed by atoms with Gasteiger partial charge in [0.25, 0.3) is 0 Å². The van der Waals surface area contributed by atoms with Crippen molar-refractivity contribution in [1.29, 1.82) is 0 Å². The zero-order valence-electron chi connectivity index (χ0n) is 12.6. The normalized spacial score (nSPS) is 11.4. The maximum Gasteiger partial charge on any atom is 0.418 e. The van der Waals surface area contributed by atoms with E-state index < -0.39 is 11.7 Å². The molecule has 0 fully saturated rings. The number of anilines is 3. The predicted molar refractivity (Wildman–Crippen MR) is 85.3 cm³/mol. The molecule has 0 atom stereocenters. The molecule has 2 N–H and O–H groups in total. The molecule has 8 heteroatoms. The number of hydrogen-bond acceptors (Lipinski definition) is 4. The summed E-state index contributed by atoms with van der Waals surface area (Å²) in [6, 6.07) is 5.24. The van der Waals surface area contributed by atoms with Crippen LogP contribution in [-0.2, 0) is 6.18 Å². The third-order valence-corrected chi connectivity index (χ3v) is 3.18. The Balaban J connectivity index is 2.34. The fourth-order valence-electron chi connectivity index (χ4n) is 1.95. The van der Waals surface area contributed by atoms with E-state index in [4.69, 9.17) is 11.6 Å². The van der Waals surface area contributed by atoms with Crippen molar-refractivity contribution in [2.24, 2.45) is 0 Å². The smallest absolute Gasteiger partial charge is 0.370 e. The fourth-order valence-corrected chi connectivity index (χ4v) is 2.12. The Hall–Kier alpha value is -2.02. The molecule has 0 unspecified atom stereocenters. The van der Waals surface area contributed by atoms with E-state index in [1.54, 1.807) is 13.0 Å². The van der Waals surface area contributed by atoms with E-state index in [2.05, 4.69) is 20.6 Å². The van der Waals surface area contributed by atoms with Crippen LogP contribution in [0.3, 0.4) is 0 Å². The summed E-state index contributed by atoms with van der Waals surface area (Å²) in [6.45, 7) is 4.46. The van der Waals surface area contributed by atoms with E-state index in [0.717, 1.165) is 12.5 Å². The highest BCUT2D eigenvalue weighted by Crippen LogP contribution is 2.37. The minimum atomic E-state index is -4.53. The first-order valence-corrected chi connectivity index (χ1v) is 7.40. The highest BCUT2D eigenvalue weighted by Gasteiger charge is 2.34. The van der Waals surface area contributed by atoms with Gasteiger partial charge in [-0.3, -0.25) is 0 Å². The lowest BCUT2D eigenvalue weighted by atomic mass is 10.1. The summed E-state index contributed by atoms with van der Waals surface area (Å²) < 4.78 is 39.3. The number of hydrogen-bond donors (Lipinski definition) is 2. The summed E-state index contributed by atoms with van der Waals surface area (Å²) in [5, 5.41) is 5.72. The van der Waals surface area contributed by atoms with Crippen molar-refractivity contribution in [2.75, 3.05) is 17.2 Å². The molecular formula is C15H16ClF3N4. The average molecular weight is 345 g/mol. The van der Waals surface area contributed by atoms with Crippen molar-refractivity contribution in [2.45, 2.75) is 26.4 Å². The molecule has 0 radical (unpaired) electrons. The summed E-state index contributed by atoms with van der Waals surface area (Å²) in [6.07, 6.45) is -3.62. The molecule has 1 aromatic carbocycles. The van der Waals surface area contributed by atoms with Crippen LogP contribution < -0.4 is 10.6 Å². The van der Waals surface area contributed by atoms with Crippen molar-refractivity contribution < 1.29 is 13.2 Å². The van der Waals surface area contributed by atoms with Crippen LogP contribution in [0.5, 0.6) is 0 Å². The van der Waals surface area contributed by atoms with Crippen LogP contribution in [0.1, 0.15) is 24.6 Å². The van der Waals surface area contributed by atoms with Gasteiger partial charge < -0.3 is 10.6 Å². The fraction of sp³-hybridized carbons (Fsp3) is 0.333. The lowest BCUT2D eigenvalue weighted by Crippen LogP contribution is -2.11. The number of benzene rings is 1. The van der Waals surface area contributed by atoms with Crippen molar-refractivity contribution >= 4 is 29.1 Å². The van der Waals surface area contributed by atoms with Crippen molar-refractivity contribution in [3.8, 4) is 0 Å². The Morgan fingerprint density at radius 3 is 2.57 bits per heavy atom. The summed E-state index contributed by atoms with van der Waals surface area (Å²) >= 11 is 5.66. The molecule has 23 heavy (non-hydrogen) atoms. The van der Waals surface area contributed by atoms with Crippen LogP contribution in [0.15, 0.2) is 24.3 Å². The van der Waals surface area contributed by atoms with Crippen LogP contribution >= 0.6 is 11.6 Å². The van der Waals surface area contributed by atoms with E-state index in [1.807, 2.05) is 6.92 Å². The molecule has 0 amide bonds. The molecule has 0 spiro atoms. The lowest BCUT2D eigenvalue weighted by Gasteiger charge is -2.15. The standard InChI is InChI=1S/C15H16ClF3N4/c1-3-6-20-13-7-9(2)21-14(23-13)22-12-5-4-10(16)8-11(12)15(17,18)19/h4-5,7-8H,3,6H2,1-2H3,(H2,20,21,22,23). The summed E-state index contributed by atoms with van der Waals surface area (Å²) in [5.41, 5.74) is -0.365. The zero-order chi connectivity index (χ0) is 17.0. The highest BCUT2D eigenvalue weighted by molar-refractivity contribution is 6.30. The number of alkyl halides is 3. The molecule has 1 heterocycles. The van der Waals surface area contributed by atoms with Crippen LogP contribution in [0.4, 0.5) is 30.6 Å². The van der Waals surface area contributed by atoms with E-state index in [0.29, 0.717) is 18.1 Å². The monoisotopic (exact) mass is 344 g/mol. The molecule has 0 saturated carbocycles. The molecule has 4 nitrogen and oxygen atoms in total. The second-order valence-electron chi connectivity index (χ2n) is 4.96. The third kappa shape index (κ3) is 4.72. The van der Waals surface area contributed by atoms with Crippen molar-refractivity contribution in [1.82, 2.24) is 9.97 Å². The molecule has 0 aliphatic carbocycles. The maximum absolute atomic E-state index is 13.1. The molecule has 124 valence electrons. The van der Waals surface area contributed by atoms with Gasteiger partial charge in [-0.2, -0.15) is 18.2 Å². The Labute approximate surface area is 137 Å². The van der Waals surface area contributed by atoms with Crippen molar-refractivity contribution in [3.63, 3.8) is 0 Å². The van der Waals surface area contributed by atoms with Gasteiger partial charge >= 0.3 is 6.18 Å². The minimum absolute atomic E-state index is 0.0123. The predicted octanol–water partition coefficient (Wildman–Crippen LogP) is 5.02. The van der Waals surface area contributed by atoms with Gasteiger partial charge in [0.15, 0.2) is 0 Å². The first-order valence-electron chi connectivity index (χ1n) is 7.03. The van der Waals surface area contributed by atoms with Gasteiger partial charge in [-0.15, -0.1) is 0 Å². The molecule has 0 aliphatic rings. The molecule has 0 bridgehead atoms. The molecule has 0 saturated heterocycles. The number of aromatic nitrogens is 2. The summed E-state index contributed by atoms with van der Waals surface area (Å²) in [5.74, 6) is 0.654. The number of nitrogens with zero attached hydrogens (tertiary/aromatic N) is 2. The topological polar surface area (TPSA) is 49.8 Å². The van der Waals surface area contributed by atoms with Gasteiger partial charge in [-0.05, 0) is 31.5 Å². The van der Waals surface area contributed by atoms with E-state index in [-0.39, 0.29) is 16.7 Å². The first kappa shape index (κ1) is 17.3. The van der Waals surface area contributed by atoms with Crippen LogP contribution in [-0.4, -0.2) is 16.5 Å². The van der Waals surface area contributed by atoms with Crippen molar-refractivity contribution in [3.05, 3.63) is 40.5 Å². The van der Waals surface area contributed by atoms with E-state index >= 15 is 0 Å². The largest absolute Gasteiger partial charge is 0.418 e. The van der Waals surface area contributed by atoms with E-state index in [1.165, 1.54) is 12.1 Å². The Morgan fingerprint density at radius 2 is 1.91 bits per heavy atom. The highest BCUT2D eigenvalue weighted by atomic mass is 35.5. The Bertz CT molecular complexity index is 689. The Kier molecular flexibility index (Phi) is 5.30.